The summed E-state index contributed by atoms with van der Waals surface area (Å²) in [7, 11) is 2.95. The number of rotatable bonds is 8. The third-order valence-electron chi connectivity index (χ3n) is 4.35. The number of benzene rings is 2. The van der Waals surface area contributed by atoms with Crippen LogP contribution in [-0.4, -0.2) is 30.2 Å². The van der Waals surface area contributed by atoms with Crippen LogP contribution < -0.4 is 0 Å². The quantitative estimate of drug-likeness (QED) is 0.707. The predicted octanol–water partition coefficient (Wildman–Crippen LogP) is 3.93. The van der Waals surface area contributed by atoms with Gasteiger partial charge in [0, 0.05) is 27.1 Å². The zero-order chi connectivity index (χ0) is 18.4. The Morgan fingerprint density at radius 1 is 0.800 bits per heavy atom. The van der Waals surface area contributed by atoms with E-state index in [1.54, 1.807) is 0 Å². The van der Waals surface area contributed by atoms with Gasteiger partial charge in [-0.05, 0) is 60.4 Å². The van der Waals surface area contributed by atoms with Crippen LogP contribution in [0.25, 0.3) is 0 Å². The molecule has 2 rings (SSSR count). The second kappa shape index (κ2) is 8.27. The summed E-state index contributed by atoms with van der Waals surface area (Å²) in [5, 5.41) is 19.0. The highest BCUT2D eigenvalue weighted by molar-refractivity contribution is 5.30. The monoisotopic (exact) mass is 352 g/mol. The minimum Gasteiger partial charge on any atom is -0.508 e. The van der Waals surface area contributed by atoms with Crippen LogP contribution in [0, 0.1) is 11.6 Å². The molecule has 0 unspecified atom stereocenters. The lowest BCUT2D eigenvalue weighted by atomic mass is 9.97. The summed E-state index contributed by atoms with van der Waals surface area (Å²) in [5.74, 6) is -1.90. The van der Waals surface area contributed by atoms with E-state index in [0.29, 0.717) is 24.0 Å². The number of hydrogen-bond acceptors (Lipinski definition) is 4. The molecule has 6 heteroatoms. The van der Waals surface area contributed by atoms with Gasteiger partial charge in [0.2, 0.25) is 0 Å². The van der Waals surface area contributed by atoms with Crippen molar-refractivity contribution < 1.29 is 28.5 Å². The average Bonchev–Trinajstić information content (AvgIpc) is 2.61. The molecule has 0 aliphatic rings. The van der Waals surface area contributed by atoms with Gasteiger partial charge in [-0.1, -0.05) is 0 Å². The van der Waals surface area contributed by atoms with Gasteiger partial charge in [0.15, 0.2) is 5.79 Å². The Labute approximate surface area is 145 Å². The molecule has 0 saturated carbocycles. The van der Waals surface area contributed by atoms with Crippen LogP contribution in [0.3, 0.4) is 0 Å². The van der Waals surface area contributed by atoms with Gasteiger partial charge < -0.3 is 19.7 Å². The first kappa shape index (κ1) is 19.1. The fraction of sp³-hybridized carbons (Fsp3) is 0.368. The Kier molecular flexibility index (Phi) is 6.33. The van der Waals surface area contributed by atoms with Gasteiger partial charge in [-0.3, -0.25) is 0 Å². The third-order valence-corrected chi connectivity index (χ3v) is 4.35. The van der Waals surface area contributed by atoms with E-state index in [4.69, 9.17) is 9.47 Å². The molecule has 0 aliphatic carbocycles. The first-order valence-electron chi connectivity index (χ1n) is 7.94. The molecule has 2 aromatic carbocycles. The van der Waals surface area contributed by atoms with Crippen molar-refractivity contribution in [1.29, 1.82) is 0 Å². The van der Waals surface area contributed by atoms with E-state index in [1.165, 1.54) is 50.6 Å². The van der Waals surface area contributed by atoms with Crippen molar-refractivity contribution in [3.05, 3.63) is 59.2 Å². The Morgan fingerprint density at radius 3 is 1.56 bits per heavy atom. The first-order valence-corrected chi connectivity index (χ1v) is 7.94. The third kappa shape index (κ3) is 4.90. The zero-order valence-corrected chi connectivity index (χ0v) is 14.3. The maximum absolute atomic E-state index is 13.8. The van der Waals surface area contributed by atoms with Crippen LogP contribution in [-0.2, 0) is 22.3 Å². The minimum absolute atomic E-state index is 0.0151. The van der Waals surface area contributed by atoms with E-state index >= 15 is 0 Å². The van der Waals surface area contributed by atoms with E-state index < -0.39 is 17.4 Å². The molecule has 0 aliphatic heterocycles. The molecule has 0 bridgehead atoms. The Bertz CT molecular complexity index is 657. The number of phenols is 2. The highest BCUT2D eigenvalue weighted by Gasteiger charge is 2.30. The van der Waals surface area contributed by atoms with Crippen molar-refractivity contribution in [3.63, 3.8) is 0 Å². The number of aromatic hydroxyl groups is 2. The molecule has 136 valence electrons. The molecule has 0 aromatic heterocycles. The Hall–Kier alpha value is -2.18. The maximum Gasteiger partial charge on any atom is 0.168 e. The average molecular weight is 352 g/mol. The van der Waals surface area contributed by atoms with Crippen LogP contribution in [0.1, 0.15) is 24.0 Å². The van der Waals surface area contributed by atoms with E-state index in [1.807, 2.05) is 0 Å². The molecule has 0 amide bonds. The summed E-state index contributed by atoms with van der Waals surface area (Å²) in [6, 6.07) is 7.69. The summed E-state index contributed by atoms with van der Waals surface area (Å²) in [6.45, 7) is 0. The SMILES string of the molecule is COC(CCc1cc(O)ccc1F)(CCc1cc(O)ccc1F)OC. The molecule has 0 atom stereocenters. The normalized spacial score (nSPS) is 11.7. The summed E-state index contributed by atoms with van der Waals surface area (Å²) in [4.78, 5) is 0. The molecule has 0 radical (unpaired) electrons. The fourth-order valence-electron chi connectivity index (χ4n) is 2.77. The molecule has 0 heterocycles. The summed E-state index contributed by atoms with van der Waals surface area (Å²) < 4.78 is 38.6. The fourth-order valence-corrected chi connectivity index (χ4v) is 2.77. The minimum atomic E-state index is -1.03. The first-order chi connectivity index (χ1) is 11.9. The standard InChI is InChI=1S/C19H22F2O4/c1-24-19(25-2,9-7-13-11-15(22)3-5-17(13)20)10-8-14-12-16(23)4-6-18(14)21/h3-6,11-12,22-23H,7-10H2,1-2H3. The lowest BCUT2D eigenvalue weighted by molar-refractivity contribution is -0.214. The molecule has 2 aromatic rings. The molecular weight excluding hydrogens is 330 g/mol. The summed E-state index contributed by atoms with van der Waals surface area (Å²) in [6.07, 6.45) is 1.20. The van der Waals surface area contributed by atoms with Gasteiger partial charge in [0.1, 0.15) is 23.1 Å². The summed E-state index contributed by atoms with van der Waals surface area (Å²) >= 11 is 0. The number of halogens is 2. The second-order valence-corrected chi connectivity index (χ2v) is 5.87. The molecule has 2 N–H and O–H groups in total. The molecular formula is C19H22F2O4. The Morgan fingerprint density at radius 2 is 1.20 bits per heavy atom. The van der Waals surface area contributed by atoms with Crippen molar-refractivity contribution in [2.75, 3.05) is 14.2 Å². The van der Waals surface area contributed by atoms with Crippen molar-refractivity contribution >= 4 is 0 Å². The van der Waals surface area contributed by atoms with Gasteiger partial charge >= 0.3 is 0 Å². The van der Waals surface area contributed by atoms with E-state index in [9.17, 15) is 19.0 Å². The van der Waals surface area contributed by atoms with E-state index in [2.05, 4.69) is 0 Å². The predicted molar refractivity (Wildman–Crippen MR) is 89.5 cm³/mol. The highest BCUT2D eigenvalue weighted by atomic mass is 19.1. The molecule has 0 saturated heterocycles. The number of phenolic OH excluding ortho intramolecular Hbond substituents is 2. The number of methoxy groups -OCH3 is 2. The topological polar surface area (TPSA) is 58.9 Å². The van der Waals surface area contributed by atoms with Gasteiger partial charge in [-0.15, -0.1) is 0 Å². The van der Waals surface area contributed by atoms with Crippen molar-refractivity contribution in [2.24, 2.45) is 0 Å². The Balaban J connectivity index is 2.09. The van der Waals surface area contributed by atoms with Crippen molar-refractivity contribution in [1.82, 2.24) is 0 Å². The molecule has 4 nitrogen and oxygen atoms in total. The molecule has 25 heavy (non-hydrogen) atoms. The highest BCUT2D eigenvalue weighted by Crippen LogP contribution is 2.28. The number of hydrogen-bond donors (Lipinski definition) is 2. The van der Waals surface area contributed by atoms with Crippen LogP contribution in [0.5, 0.6) is 11.5 Å². The lowest BCUT2D eigenvalue weighted by Gasteiger charge is -2.31. The molecule has 0 fully saturated rings. The largest absolute Gasteiger partial charge is 0.508 e. The van der Waals surface area contributed by atoms with E-state index in [-0.39, 0.29) is 24.3 Å². The van der Waals surface area contributed by atoms with Gasteiger partial charge in [0.05, 0.1) is 0 Å². The number of ether oxygens (including phenoxy) is 2. The van der Waals surface area contributed by atoms with Crippen molar-refractivity contribution in [3.8, 4) is 11.5 Å². The maximum atomic E-state index is 13.8. The van der Waals surface area contributed by atoms with E-state index in [0.717, 1.165) is 0 Å². The van der Waals surface area contributed by atoms with Crippen LogP contribution in [0.4, 0.5) is 8.78 Å². The van der Waals surface area contributed by atoms with Gasteiger partial charge in [0.25, 0.3) is 0 Å². The number of aryl methyl sites for hydroxylation is 2. The van der Waals surface area contributed by atoms with Gasteiger partial charge in [-0.25, -0.2) is 8.78 Å². The smallest absolute Gasteiger partial charge is 0.168 e. The van der Waals surface area contributed by atoms with Crippen LogP contribution in [0.15, 0.2) is 36.4 Å². The van der Waals surface area contributed by atoms with Gasteiger partial charge in [-0.2, -0.15) is 0 Å². The van der Waals surface area contributed by atoms with Crippen molar-refractivity contribution in [2.45, 2.75) is 31.5 Å². The molecule has 0 spiro atoms. The zero-order valence-electron chi connectivity index (χ0n) is 14.3. The second-order valence-electron chi connectivity index (χ2n) is 5.87. The van der Waals surface area contributed by atoms with Crippen LogP contribution >= 0.6 is 0 Å². The summed E-state index contributed by atoms with van der Waals surface area (Å²) in [5.41, 5.74) is 0.698. The van der Waals surface area contributed by atoms with Crippen LogP contribution in [0.2, 0.25) is 0 Å². The lowest BCUT2D eigenvalue weighted by Crippen LogP contribution is -2.35.